The Morgan fingerprint density at radius 3 is 2.70 bits per heavy atom. The van der Waals surface area contributed by atoms with Gasteiger partial charge in [-0.1, -0.05) is 30.3 Å². The van der Waals surface area contributed by atoms with Gasteiger partial charge in [-0.05, 0) is 44.7 Å². The number of esters is 1. The zero-order valence-electron chi connectivity index (χ0n) is 12.3. The van der Waals surface area contributed by atoms with Gasteiger partial charge >= 0.3 is 5.97 Å². The maximum atomic E-state index is 12.8. The highest BCUT2D eigenvalue weighted by Crippen LogP contribution is 2.49. The van der Waals surface area contributed by atoms with Crippen molar-refractivity contribution in [3.8, 4) is 0 Å². The lowest BCUT2D eigenvalue weighted by molar-refractivity contribution is -0.160. The molecule has 0 N–H and O–H groups in total. The summed E-state index contributed by atoms with van der Waals surface area (Å²) in [6.45, 7) is 3.45. The lowest BCUT2D eigenvalue weighted by Gasteiger charge is -2.54. The molecule has 0 unspecified atom stereocenters. The molecule has 2 aliphatic heterocycles. The fraction of sp³-hybridized carbons (Fsp3) is 0.588. The second-order valence-corrected chi connectivity index (χ2v) is 6.16. The number of piperidine rings is 2. The molecular formula is C17H23NO2. The summed E-state index contributed by atoms with van der Waals surface area (Å²) in [6, 6.07) is 10.5. The van der Waals surface area contributed by atoms with Crippen LogP contribution in [0.15, 0.2) is 30.3 Å². The first-order chi connectivity index (χ1) is 9.68. The Balaban J connectivity index is 2.07. The van der Waals surface area contributed by atoms with E-state index in [4.69, 9.17) is 4.74 Å². The van der Waals surface area contributed by atoms with E-state index in [0.29, 0.717) is 12.5 Å². The molecule has 1 aliphatic carbocycles. The van der Waals surface area contributed by atoms with E-state index < -0.39 is 5.41 Å². The second kappa shape index (κ2) is 5.21. The van der Waals surface area contributed by atoms with Crippen LogP contribution in [0.1, 0.15) is 31.7 Å². The van der Waals surface area contributed by atoms with Gasteiger partial charge in [-0.25, -0.2) is 0 Å². The Hall–Kier alpha value is -1.35. The molecule has 20 heavy (non-hydrogen) atoms. The van der Waals surface area contributed by atoms with Crippen molar-refractivity contribution in [3.05, 3.63) is 35.9 Å². The lowest BCUT2D eigenvalue weighted by atomic mass is 9.59. The van der Waals surface area contributed by atoms with Crippen molar-refractivity contribution in [2.75, 3.05) is 20.2 Å². The Bertz CT molecular complexity index is 487. The monoisotopic (exact) mass is 273 g/mol. The van der Waals surface area contributed by atoms with Crippen LogP contribution in [0.25, 0.3) is 0 Å². The molecule has 0 aromatic heterocycles. The number of benzene rings is 1. The molecule has 0 amide bonds. The van der Waals surface area contributed by atoms with E-state index in [-0.39, 0.29) is 12.0 Å². The van der Waals surface area contributed by atoms with Gasteiger partial charge in [0, 0.05) is 12.6 Å². The highest BCUT2D eigenvalue weighted by atomic mass is 16.5. The predicted molar refractivity (Wildman–Crippen MR) is 78.5 cm³/mol. The molecule has 0 spiro atoms. The Morgan fingerprint density at radius 2 is 2.10 bits per heavy atom. The van der Waals surface area contributed by atoms with Crippen LogP contribution >= 0.6 is 0 Å². The molecule has 4 rings (SSSR count). The maximum Gasteiger partial charge on any atom is 0.318 e. The van der Waals surface area contributed by atoms with Crippen molar-refractivity contribution in [2.45, 2.75) is 37.6 Å². The van der Waals surface area contributed by atoms with Crippen molar-refractivity contribution < 1.29 is 9.53 Å². The van der Waals surface area contributed by atoms with Crippen LogP contribution in [0, 0.1) is 5.92 Å². The number of carbonyl (C=O) groups excluding carboxylic acids is 1. The molecule has 3 nitrogen and oxygen atoms in total. The Labute approximate surface area is 120 Å². The number of rotatable bonds is 3. The summed E-state index contributed by atoms with van der Waals surface area (Å²) >= 11 is 0. The summed E-state index contributed by atoms with van der Waals surface area (Å²) < 4.78 is 5.47. The minimum atomic E-state index is -0.465. The van der Waals surface area contributed by atoms with E-state index in [2.05, 4.69) is 24.1 Å². The molecular weight excluding hydrogens is 250 g/mol. The van der Waals surface area contributed by atoms with Crippen molar-refractivity contribution in [3.63, 3.8) is 0 Å². The molecule has 3 aliphatic rings. The largest absolute Gasteiger partial charge is 0.465 e. The van der Waals surface area contributed by atoms with Gasteiger partial charge in [-0.3, -0.25) is 4.79 Å². The first kappa shape index (κ1) is 13.6. The third kappa shape index (κ3) is 1.96. The quantitative estimate of drug-likeness (QED) is 0.793. The third-order valence-corrected chi connectivity index (χ3v) is 5.03. The highest BCUT2D eigenvalue weighted by molar-refractivity contribution is 5.85. The standard InChI is InChI=1S/C17H23NO2/c1-3-20-16(19)17(14-7-5-4-6-8-14)11-13-9-10-15(17)18(2)12-13/h4-8,13,15H,3,9-12H2,1-2H3/t13-,15+,17+/m1/s1. The zero-order chi connectivity index (χ0) is 14.2. The average Bonchev–Trinajstić information content (AvgIpc) is 2.48. The predicted octanol–water partition coefficient (Wildman–Crippen LogP) is 2.60. The molecule has 1 aromatic rings. The van der Waals surface area contributed by atoms with E-state index >= 15 is 0 Å². The molecule has 3 heteroatoms. The molecule has 2 heterocycles. The van der Waals surface area contributed by atoms with Crippen LogP contribution in [0.2, 0.25) is 0 Å². The summed E-state index contributed by atoms with van der Waals surface area (Å²) in [5.41, 5.74) is 0.660. The van der Waals surface area contributed by atoms with Crippen molar-refractivity contribution >= 4 is 5.97 Å². The van der Waals surface area contributed by atoms with E-state index in [0.717, 1.165) is 24.9 Å². The summed E-state index contributed by atoms with van der Waals surface area (Å²) in [6.07, 6.45) is 3.27. The van der Waals surface area contributed by atoms with Gasteiger partial charge in [0.2, 0.25) is 0 Å². The fourth-order valence-corrected chi connectivity index (χ4v) is 4.26. The van der Waals surface area contributed by atoms with Crippen LogP contribution in [0.5, 0.6) is 0 Å². The number of fused-ring (bicyclic) bond motifs is 3. The van der Waals surface area contributed by atoms with Crippen molar-refractivity contribution in [2.24, 2.45) is 5.92 Å². The molecule has 0 radical (unpaired) electrons. The number of nitrogens with zero attached hydrogens (tertiary/aromatic N) is 1. The van der Waals surface area contributed by atoms with Gasteiger partial charge in [0.1, 0.15) is 5.41 Å². The number of hydrogen-bond acceptors (Lipinski definition) is 3. The molecule has 3 fully saturated rings. The van der Waals surface area contributed by atoms with Gasteiger partial charge in [0.15, 0.2) is 0 Å². The number of carbonyl (C=O) groups is 1. The second-order valence-electron chi connectivity index (χ2n) is 6.16. The third-order valence-electron chi connectivity index (χ3n) is 5.03. The summed E-state index contributed by atoms with van der Waals surface area (Å²) in [7, 11) is 2.15. The van der Waals surface area contributed by atoms with Crippen molar-refractivity contribution in [1.29, 1.82) is 0 Å². The maximum absolute atomic E-state index is 12.8. The Morgan fingerprint density at radius 1 is 1.35 bits per heavy atom. The average molecular weight is 273 g/mol. The molecule has 2 bridgehead atoms. The van der Waals surface area contributed by atoms with Crippen LogP contribution < -0.4 is 0 Å². The first-order valence-electron chi connectivity index (χ1n) is 7.61. The fourth-order valence-electron chi connectivity index (χ4n) is 4.26. The van der Waals surface area contributed by atoms with E-state index in [1.165, 1.54) is 6.42 Å². The normalized spacial score (nSPS) is 33.1. The van der Waals surface area contributed by atoms with Crippen LogP contribution in [-0.2, 0) is 14.9 Å². The van der Waals surface area contributed by atoms with Crippen LogP contribution in [0.3, 0.4) is 0 Å². The SMILES string of the molecule is CCOC(=O)[C@]1(c2ccccc2)C[C@H]2CC[C@@H]1N(C)C2. The molecule has 3 atom stereocenters. The number of hydrogen-bond donors (Lipinski definition) is 0. The van der Waals surface area contributed by atoms with E-state index in [9.17, 15) is 4.79 Å². The minimum Gasteiger partial charge on any atom is -0.465 e. The van der Waals surface area contributed by atoms with Gasteiger partial charge in [-0.15, -0.1) is 0 Å². The summed E-state index contributed by atoms with van der Waals surface area (Å²) in [4.78, 5) is 15.2. The lowest BCUT2D eigenvalue weighted by Crippen LogP contribution is -2.63. The van der Waals surface area contributed by atoms with Gasteiger partial charge in [-0.2, -0.15) is 0 Å². The van der Waals surface area contributed by atoms with Gasteiger partial charge in [0.05, 0.1) is 6.61 Å². The zero-order valence-corrected chi connectivity index (χ0v) is 12.3. The Kier molecular flexibility index (Phi) is 3.55. The van der Waals surface area contributed by atoms with E-state index in [1.54, 1.807) is 0 Å². The summed E-state index contributed by atoms with van der Waals surface area (Å²) in [5, 5.41) is 0. The van der Waals surface area contributed by atoms with E-state index in [1.807, 2.05) is 25.1 Å². The molecule has 1 saturated carbocycles. The number of ether oxygens (including phenoxy) is 1. The van der Waals surface area contributed by atoms with Gasteiger partial charge < -0.3 is 9.64 Å². The summed E-state index contributed by atoms with van der Waals surface area (Å²) in [5.74, 6) is 0.571. The number of likely N-dealkylation sites (N-methyl/N-ethyl adjacent to an activating group) is 1. The topological polar surface area (TPSA) is 29.5 Å². The van der Waals surface area contributed by atoms with Gasteiger partial charge in [0.25, 0.3) is 0 Å². The molecule has 2 saturated heterocycles. The minimum absolute atomic E-state index is 0.0348. The van der Waals surface area contributed by atoms with Crippen LogP contribution in [-0.4, -0.2) is 37.1 Å². The smallest absolute Gasteiger partial charge is 0.318 e. The molecule has 1 aromatic carbocycles. The van der Waals surface area contributed by atoms with Crippen LogP contribution in [0.4, 0.5) is 0 Å². The first-order valence-corrected chi connectivity index (χ1v) is 7.61. The van der Waals surface area contributed by atoms with Crippen molar-refractivity contribution in [1.82, 2.24) is 4.90 Å². The molecule has 108 valence electrons. The highest BCUT2D eigenvalue weighted by Gasteiger charge is 2.56.